The minimum Gasteiger partial charge on any atom is -0.445 e. The largest absolute Gasteiger partial charge is 0.445 e. The molecular weight excluding hydrogens is 300 g/mol. The van der Waals surface area contributed by atoms with Gasteiger partial charge < -0.3 is 20.2 Å². The van der Waals surface area contributed by atoms with Gasteiger partial charge in [-0.1, -0.05) is 36.3 Å². The van der Waals surface area contributed by atoms with Crippen LogP contribution in [0.4, 0.5) is 10.6 Å². The van der Waals surface area contributed by atoms with E-state index in [2.05, 4.69) is 27.1 Å². The summed E-state index contributed by atoms with van der Waals surface area (Å²) in [5.74, 6) is 5.04. The van der Waals surface area contributed by atoms with Gasteiger partial charge in [-0.05, 0) is 16.4 Å². The second-order valence-electron chi connectivity index (χ2n) is 4.40. The van der Waals surface area contributed by atoms with Crippen LogP contribution in [0, 0.1) is 22.0 Å². The van der Waals surface area contributed by atoms with Crippen molar-refractivity contribution in [3.05, 3.63) is 58.0 Å². The molecule has 0 aliphatic heterocycles. The molecule has 0 unspecified atom stereocenters. The molecule has 0 radical (unpaired) electrons. The second kappa shape index (κ2) is 8.19. The monoisotopic (exact) mass is 314 g/mol. The van der Waals surface area contributed by atoms with Gasteiger partial charge in [0, 0.05) is 13.0 Å². The predicted octanol–water partition coefficient (Wildman–Crippen LogP) is 1.99. The van der Waals surface area contributed by atoms with Crippen LogP contribution in [0.15, 0.2) is 36.7 Å². The highest BCUT2D eigenvalue weighted by atomic mass is 16.6. The molecule has 0 saturated heterocycles. The molecular formula is C15H14N4O4. The van der Waals surface area contributed by atoms with E-state index in [-0.39, 0.29) is 24.7 Å². The van der Waals surface area contributed by atoms with Gasteiger partial charge in [0.1, 0.15) is 6.61 Å². The molecule has 8 nitrogen and oxygen atoms in total. The van der Waals surface area contributed by atoms with Gasteiger partial charge in [-0.3, -0.25) is 0 Å². The van der Waals surface area contributed by atoms with Gasteiger partial charge in [-0.15, -0.1) is 0 Å². The zero-order valence-electron chi connectivity index (χ0n) is 12.1. The Hall–Kier alpha value is -3.34. The molecule has 2 aromatic rings. The normalized spacial score (nSPS) is 9.57. The van der Waals surface area contributed by atoms with Crippen LogP contribution < -0.4 is 5.32 Å². The molecule has 0 atom stereocenters. The van der Waals surface area contributed by atoms with Crippen molar-refractivity contribution < 1.29 is 14.5 Å². The average Bonchev–Trinajstić information content (AvgIpc) is 3.02. The van der Waals surface area contributed by atoms with Gasteiger partial charge in [0.25, 0.3) is 0 Å². The summed E-state index contributed by atoms with van der Waals surface area (Å²) >= 11 is 0. The SMILES string of the molecule is O=C(NCCC#Cc1nc[nH]c1[N+](=O)[O-])OCc1ccccc1. The topological polar surface area (TPSA) is 110 Å². The van der Waals surface area contributed by atoms with Crippen molar-refractivity contribution in [3.63, 3.8) is 0 Å². The van der Waals surface area contributed by atoms with Crippen LogP contribution in [0.2, 0.25) is 0 Å². The fraction of sp³-hybridized carbons (Fsp3) is 0.200. The highest BCUT2D eigenvalue weighted by Gasteiger charge is 2.12. The van der Waals surface area contributed by atoms with Crippen molar-refractivity contribution in [3.8, 4) is 11.8 Å². The average molecular weight is 314 g/mol. The third-order valence-corrected chi connectivity index (χ3v) is 2.74. The maximum atomic E-state index is 11.5. The summed E-state index contributed by atoms with van der Waals surface area (Å²) in [6.45, 7) is 0.469. The van der Waals surface area contributed by atoms with Crippen molar-refractivity contribution in [2.45, 2.75) is 13.0 Å². The van der Waals surface area contributed by atoms with Crippen molar-refractivity contribution in [2.75, 3.05) is 6.54 Å². The lowest BCUT2D eigenvalue weighted by Crippen LogP contribution is -2.24. The molecule has 0 aliphatic rings. The fourth-order valence-corrected chi connectivity index (χ4v) is 1.67. The van der Waals surface area contributed by atoms with Crippen LogP contribution in [0.5, 0.6) is 0 Å². The Balaban J connectivity index is 1.69. The first-order chi connectivity index (χ1) is 11.2. The molecule has 1 aromatic heterocycles. The van der Waals surface area contributed by atoms with E-state index in [1.54, 1.807) is 0 Å². The lowest BCUT2D eigenvalue weighted by molar-refractivity contribution is -0.389. The maximum absolute atomic E-state index is 11.5. The first-order valence-corrected chi connectivity index (χ1v) is 6.78. The van der Waals surface area contributed by atoms with Crippen LogP contribution in [0.1, 0.15) is 17.7 Å². The number of ether oxygens (including phenoxy) is 1. The molecule has 0 aliphatic carbocycles. The number of aromatic nitrogens is 2. The maximum Gasteiger partial charge on any atom is 0.407 e. The number of nitro groups is 1. The van der Waals surface area contributed by atoms with E-state index < -0.39 is 11.0 Å². The minimum absolute atomic E-state index is 0.0710. The Morgan fingerprint density at radius 3 is 2.91 bits per heavy atom. The molecule has 0 fully saturated rings. The third-order valence-electron chi connectivity index (χ3n) is 2.74. The molecule has 1 heterocycles. The number of carbonyl (C=O) groups excluding carboxylic acids is 1. The number of amides is 1. The van der Waals surface area contributed by atoms with E-state index >= 15 is 0 Å². The number of imidazole rings is 1. The van der Waals surface area contributed by atoms with Crippen LogP contribution in [-0.2, 0) is 11.3 Å². The van der Waals surface area contributed by atoms with E-state index in [1.165, 1.54) is 6.33 Å². The Bertz CT molecular complexity index is 731. The lowest BCUT2D eigenvalue weighted by atomic mass is 10.2. The number of nitrogens with one attached hydrogen (secondary N) is 2. The van der Waals surface area contributed by atoms with E-state index in [9.17, 15) is 14.9 Å². The first-order valence-electron chi connectivity index (χ1n) is 6.78. The smallest absolute Gasteiger partial charge is 0.407 e. The number of benzene rings is 1. The number of nitrogens with zero attached hydrogens (tertiary/aromatic N) is 2. The van der Waals surface area contributed by atoms with Gasteiger partial charge in [-0.25, -0.2) is 9.78 Å². The van der Waals surface area contributed by atoms with E-state index in [4.69, 9.17) is 4.74 Å². The van der Waals surface area contributed by atoms with Crippen LogP contribution in [0.25, 0.3) is 0 Å². The van der Waals surface area contributed by atoms with Gasteiger partial charge in [0.15, 0.2) is 6.33 Å². The molecule has 118 valence electrons. The predicted molar refractivity (Wildman–Crippen MR) is 81.4 cm³/mol. The van der Waals surface area contributed by atoms with Gasteiger partial charge in [0.2, 0.25) is 5.69 Å². The highest BCUT2D eigenvalue weighted by Crippen LogP contribution is 2.10. The van der Waals surface area contributed by atoms with Crippen molar-refractivity contribution >= 4 is 11.9 Å². The number of aromatic amines is 1. The Morgan fingerprint density at radius 2 is 2.17 bits per heavy atom. The number of carbonyl (C=O) groups is 1. The van der Waals surface area contributed by atoms with E-state index in [1.807, 2.05) is 30.3 Å². The quantitative estimate of drug-likeness (QED) is 0.379. The molecule has 2 rings (SSSR count). The van der Waals surface area contributed by atoms with E-state index in [0.29, 0.717) is 6.42 Å². The fourth-order valence-electron chi connectivity index (χ4n) is 1.67. The Labute approximate surface area is 132 Å². The lowest BCUT2D eigenvalue weighted by Gasteiger charge is -2.05. The summed E-state index contributed by atoms with van der Waals surface area (Å²) in [5, 5.41) is 13.2. The van der Waals surface area contributed by atoms with Crippen LogP contribution in [-0.4, -0.2) is 27.5 Å². The summed E-state index contributed by atoms with van der Waals surface area (Å²) in [6, 6.07) is 9.32. The first kappa shape index (κ1) is 16.0. The number of H-pyrrole nitrogens is 1. The molecule has 1 aromatic carbocycles. The molecule has 8 heteroatoms. The van der Waals surface area contributed by atoms with Crippen LogP contribution in [0.3, 0.4) is 0 Å². The van der Waals surface area contributed by atoms with Crippen molar-refractivity contribution in [2.24, 2.45) is 0 Å². The zero-order chi connectivity index (χ0) is 16.5. The molecule has 0 saturated carbocycles. The van der Waals surface area contributed by atoms with Crippen molar-refractivity contribution in [1.29, 1.82) is 0 Å². The molecule has 1 amide bonds. The third kappa shape index (κ3) is 5.17. The molecule has 0 bridgehead atoms. The van der Waals surface area contributed by atoms with Gasteiger partial charge >= 0.3 is 11.9 Å². The summed E-state index contributed by atoms with van der Waals surface area (Å²) in [4.78, 5) is 27.7. The standard InChI is InChI=1S/C15H14N4O4/c20-15(23-10-12-6-2-1-3-7-12)16-9-5-4-8-13-14(19(21)22)18-11-17-13/h1-3,6-7,11H,5,9-10H2,(H,16,20)(H,17,18). The number of hydrogen-bond donors (Lipinski definition) is 2. The minimum atomic E-state index is -0.587. The Morgan fingerprint density at radius 1 is 1.39 bits per heavy atom. The summed E-state index contributed by atoms with van der Waals surface area (Å²) in [6.07, 6.45) is 0.993. The van der Waals surface area contributed by atoms with Gasteiger partial charge in [0.05, 0.1) is 0 Å². The summed E-state index contributed by atoms with van der Waals surface area (Å²) in [5.41, 5.74) is 0.968. The molecule has 0 spiro atoms. The highest BCUT2D eigenvalue weighted by molar-refractivity contribution is 5.67. The summed E-state index contributed by atoms with van der Waals surface area (Å²) in [7, 11) is 0. The van der Waals surface area contributed by atoms with Crippen molar-refractivity contribution in [1.82, 2.24) is 15.3 Å². The van der Waals surface area contributed by atoms with Gasteiger partial charge in [-0.2, -0.15) is 4.98 Å². The molecule has 23 heavy (non-hydrogen) atoms. The zero-order valence-corrected chi connectivity index (χ0v) is 12.1. The summed E-state index contributed by atoms with van der Waals surface area (Å²) < 4.78 is 5.03. The molecule has 2 N–H and O–H groups in total. The second-order valence-corrected chi connectivity index (χ2v) is 4.40. The number of hydrogen-bond acceptors (Lipinski definition) is 5. The number of rotatable bonds is 5. The number of alkyl carbamates (subject to hydrolysis) is 1. The van der Waals surface area contributed by atoms with Crippen LogP contribution >= 0.6 is 0 Å². The van der Waals surface area contributed by atoms with E-state index in [0.717, 1.165) is 5.56 Å². The Kier molecular flexibility index (Phi) is 5.71.